The predicted octanol–water partition coefficient (Wildman–Crippen LogP) is 6.59. The third kappa shape index (κ3) is 4.45. The normalized spacial score (nSPS) is 12.5. The van der Waals surface area contributed by atoms with Gasteiger partial charge in [0.05, 0.1) is 19.9 Å². The van der Waals surface area contributed by atoms with Gasteiger partial charge in [-0.15, -0.1) is 11.3 Å². The Bertz CT molecular complexity index is 615. The van der Waals surface area contributed by atoms with Crippen molar-refractivity contribution in [1.29, 1.82) is 0 Å². The van der Waals surface area contributed by atoms with Crippen molar-refractivity contribution in [1.82, 2.24) is 0 Å². The van der Waals surface area contributed by atoms with Crippen LogP contribution in [0.1, 0.15) is 17.8 Å². The van der Waals surface area contributed by atoms with Crippen LogP contribution in [0.2, 0.25) is 10.0 Å². The van der Waals surface area contributed by atoms with Crippen LogP contribution in [0.3, 0.4) is 0 Å². The zero-order valence-electron chi connectivity index (χ0n) is 10.7. The molecule has 0 fully saturated rings. The topological polar surface area (TPSA) is 21.3 Å². The first kappa shape index (κ1) is 16.8. The third-order valence-corrected chi connectivity index (χ3v) is 4.98. The van der Waals surface area contributed by atoms with Crippen molar-refractivity contribution >= 4 is 56.2 Å². The zero-order valence-corrected chi connectivity index (χ0v) is 14.6. The van der Waals surface area contributed by atoms with Gasteiger partial charge in [-0.1, -0.05) is 23.2 Å². The van der Waals surface area contributed by atoms with Crippen molar-refractivity contribution in [2.24, 2.45) is 0 Å². The Hall–Kier alpha value is -0.560. The molecule has 1 heterocycles. The molecule has 1 aromatic carbocycles. The molecule has 114 valence electrons. The largest absolute Gasteiger partial charge is 0.432 e. The molecule has 0 radical (unpaired) electrons. The number of thiophene rings is 1. The molecule has 1 atom stereocenters. The van der Waals surface area contributed by atoms with Gasteiger partial charge in [0.15, 0.2) is 5.75 Å². The summed E-state index contributed by atoms with van der Waals surface area (Å²) < 4.78 is 29.8. The number of anilines is 1. The summed E-state index contributed by atoms with van der Waals surface area (Å²) in [6, 6.07) is 6.98. The van der Waals surface area contributed by atoms with Crippen molar-refractivity contribution < 1.29 is 13.5 Å². The molecule has 2 nitrogen and oxygen atoms in total. The van der Waals surface area contributed by atoms with E-state index in [9.17, 15) is 8.78 Å². The first-order valence-electron chi connectivity index (χ1n) is 5.82. The van der Waals surface area contributed by atoms with E-state index in [-0.39, 0.29) is 21.8 Å². The van der Waals surface area contributed by atoms with Gasteiger partial charge >= 0.3 is 6.61 Å². The van der Waals surface area contributed by atoms with E-state index in [1.165, 1.54) is 12.1 Å². The molecule has 2 rings (SSSR count). The van der Waals surface area contributed by atoms with Crippen LogP contribution in [-0.4, -0.2) is 6.61 Å². The fourth-order valence-electron chi connectivity index (χ4n) is 1.73. The second kappa shape index (κ2) is 7.13. The fourth-order valence-corrected chi connectivity index (χ4v) is 3.73. The molecule has 1 N–H and O–H groups in total. The lowest BCUT2D eigenvalue weighted by atomic mass is 10.2. The molecule has 2 aromatic rings. The summed E-state index contributed by atoms with van der Waals surface area (Å²) in [6.07, 6.45) is 0. The van der Waals surface area contributed by atoms with Gasteiger partial charge < -0.3 is 10.1 Å². The summed E-state index contributed by atoms with van der Waals surface area (Å²) in [5, 5.41) is 3.28. The SMILES string of the molecule is CC(Nc1cc(Cl)c(OC(F)F)c(Cl)c1)c1ccc(Br)s1. The monoisotopic (exact) mass is 415 g/mol. The van der Waals surface area contributed by atoms with Gasteiger partial charge in [-0.05, 0) is 47.1 Å². The molecule has 0 saturated heterocycles. The van der Waals surface area contributed by atoms with Crippen LogP contribution < -0.4 is 10.1 Å². The Balaban J connectivity index is 2.18. The number of nitrogens with one attached hydrogen (secondary N) is 1. The van der Waals surface area contributed by atoms with E-state index in [1.807, 2.05) is 19.1 Å². The van der Waals surface area contributed by atoms with Gasteiger partial charge in [-0.2, -0.15) is 8.78 Å². The van der Waals surface area contributed by atoms with E-state index >= 15 is 0 Å². The fraction of sp³-hybridized carbons (Fsp3) is 0.231. The molecule has 0 aliphatic rings. The Morgan fingerprint density at radius 2 is 1.86 bits per heavy atom. The number of hydrogen-bond donors (Lipinski definition) is 1. The van der Waals surface area contributed by atoms with E-state index in [0.29, 0.717) is 5.69 Å². The van der Waals surface area contributed by atoms with Gasteiger partial charge in [0.25, 0.3) is 0 Å². The highest BCUT2D eigenvalue weighted by Gasteiger charge is 2.15. The minimum atomic E-state index is -2.97. The highest BCUT2D eigenvalue weighted by molar-refractivity contribution is 9.11. The summed E-state index contributed by atoms with van der Waals surface area (Å²) in [5.74, 6) is -0.217. The maximum atomic E-state index is 12.3. The average Bonchev–Trinajstić information content (AvgIpc) is 2.80. The number of benzene rings is 1. The summed E-state index contributed by atoms with van der Waals surface area (Å²) >= 11 is 16.9. The molecule has 8 heteroatoms. The lowest BCUT2D eigenvalue weighted by Crippen LogP contribution is -2.06. The number of hydrogen-bond acceptors (Lipinski definition) is 3. The van der Waals surface area contributed by atoms with Crippen molar-refractivity contribution in [3.05, 3.63) is 43.0 Å². The summed E-state index contributed by atoms with van der Waals surface area (Å²) in [4.78, 5) is 1.11. The van der Waals surface area contributed by atoms with Crippen molar-refractivity contribution in [2.45, 2.75) is 19.6 Å². The van der Waals surface area contributed by atoms with Gasteiger partial charge in [-0.3, -0.25) is 0 Å². The molecule has 0 aliphatic carbocycles. The molecule has 1 aromatic heterocycles. The van der Waals surface area contributed by atoms with Gasteiger partial charge in [0, 0.05) is 10.6 Å². The molecule has 0 bridgehead atoms. The molecule has 0 aliphatic heterocycles. The zero-order chi connectivity index (χ0) is 15.6. The van der Waals surface area contributed by atoms with E-state index < -0.39 is 6.61 Å². The minimum absolute atomic E-state index is 0.0234. The van der Waals surface area contributed by atoms with E-state index in [2.05, 4.69) is 26.0 Å². The van der Waals surface area contributed by atoms with Crippen molar-refractivity contribution in [2.75, 3.05) is 5.32 Å². The van der Waals surface area contributed by atoms with Crippen molar-refractivity contribution in [3.8, 4) is 5.75 Å². The van der Waals surface area contributed by atoms with E-state index in [4.69, 9.17) is 23.2 Å². The van der Waals surface area contributed by atoms with Crippen LogP contribution in [0.4, 0.5) is 14.5 Å². The van der Waals surface area contributed by atoms with Gasteiger partial charge in [0.2, 0.25) is 0 Å². The van der Waals surface area contributed by atoms with Crippen LogP contribution in [-0.2, 0) is 0 Å². The Kier molecular flexibility index (Phi) is 5.71. The van der Waals surface area contributed by atoms with Crippen LogP contribution in [0.25, 0.3) is 0 Å². The van der Waals surface area contributed by atoms with E-state index in [1.54, 1.807) is 11.3 Å². The van der Waals surface area contributed by atoms with Crippen LogP contribution in [0, 0.1) is 0 Å². The number of rotatable bonds is 5. The number of ether oxygens (including phenoxy) is 1. The quantitative estimate of drug-likeness (QED) is 0.593. The van der Waals surface area contributed by atoms with Crippen LogP contribution in [0.5, 0.6) is 5.75 Å². The standard InChI is InChI=1S/C13H10BrCl2F2NOS/c1-6(10-2-3-11(14)21-10)19-7-4-8(15)12(9(16)5-7)20-13(17)18/h2-6,13,19H,1H3. The molecule has 1 unspecified atom stereocenters. The molecule has 0 amide bonds. The van der Waals surface area contributed by atoms with Crippen LogP contribution >= 0.6 is 50.5 Å². The predicted molar refractivity (Wildman–Crippen MR) is 87.2 cm³/mol. The second-order valence-corrected chi connectivity index (χ2v) is 7.46. The molecule has 0 spiro atoms. The lowest BCUT2D eigenvalue weighted by molar-refractivity contribution is -0.0497. The van der Waals surface area contributed by atoms with Gasteiger partial charge in [-0.25, -0.2) is 0 Å². The highest BCUT2D eigenvalue weighted by Crippen LogP contribution is 2.38. The minimum Gasteiger partial charge on any atom is -0.432 e. The third-order valence-electron chi connectivity index (χ3n) is 2.61. The molecular weight excluding hydrogens is 407 g/mol. The Labute approximate surface area is 143 Å². The lowest BCUT2D eigenvalue weighted by Gasteiger charge is -2.16. The second-order valence-electron chi connectivity index (χ2n) is 4.16. The number of alkyl halides is 2. The summed E-state index contributed by atoms with van der Waals surface area (Å²) in [7, 11) is 0. The average molecular weight is 417 g/mol. The Morgan fingerprint density at radius 1 is 1.24 bits per heavy atom. The molecular formula is C13H10BrCl2F2NOS. The molecule has 0 saturated carbocycles. The van der Waals surface area contributed by atoms with Gasteiger partial charge in [0.1, 0.15) is 0 Å². The smallest absolute Gasteiger partial charge is 0.387 e. The molecule has 21 heavy (non-hydrogen) atoms. The maximum absolute atomic E-state index is 12.3. The maximum Gasteiger partial charge on any atom is 0.387 e. The highest BCUT2D eigenvalue weighted by atomic mass is 79.9. The van der Waals surface area contributed by atoms with Crippen molar-refractivity contribution in [3.63, 3.8) is 0 Å². The number of halogens is 5. The summed E-state index contributed by atoms with van der Waals surface area (Å²) in [6.45, 7) is -0.995. The Morgan fingerprint density at radius 3 is 2.33 bits per heavy atom. The van der Waals surface area contributed by atoms with E-state index in [0.717, 1.165) is 8.66 Å². The summed E-state index contributed by atoms with van der Waals surface area (Å²) in [5.41, 5.74) is 0.628. The first-order valence-corrected chi connectivity index (χ1v) is 8.19. The van der Waals surface area contributed by atoms with Crippen LogP contribution in [0.15, 0.2) is 28.1 Å². The first-order chi connectivity index (χ1) is 9.86.